The predicted molar refractivity (Wildman–Crippen MR) is 169 cm³/mol. The molecule has 0 aliphatic carbocycles. The van der Waals surface area contributed by atoms with Gasteiger partial charge in [0.25, 0.3) is 0 Å². The fourth-order valence-corrected chi connectivity index (χ4v) is 5.40. The third kappa shape index (κ3) is 4.49. The van der Waals surface area contributed by atoms with Crippen molar-refractivity contribution in [3.63, 3.8) is 0 Å². The minimum atomic E-state index is 0.391. The summed E-state index contributed by atoms with van der Waals surface area (Å²) in [5, 5.41) is 2.48. The third-order valence-electron chi connectivity index (χ3n) is 7.45. The van der Waals surface area contributed by atoms with Crippen LogP contribution in [0.25, 0.3) is 73.2 Å². The smallest absolute Gasteiger partial charge is 0.201 e. The van der Waals surface area contributed by atoms with E-state index in [4.69, 9.17) is 4.98 Å². The maximum Gasteiger partial charge on any atom is 0.201 e. The van der Waals surface area contributed by atoms with Crippen molar-refractivity contribution < 1.29 is 0 Å². The molecule has 43 heavy (non-hydrogen) atoms. The zero-order chi connectivity index (χ0) is 28.6. The van der Waals surface area contributed by atoms with E-state index in [2.05, 4.69) is 102 Å². The van der Waals surface area contributed by atoms with Crippen LogP contribution in [0, 0.1) is 0 Å². The van der Waals surface area contributed by atoms with Crippen molar-refractivity contribution in [3.05, 3.63) is 140 Å². The number of aromatic nitrogens is 7. The fraction of sp³-hybridized carbons (Fsp3) is 0. The maximum atomic E-state index is 4.71. The van der Waals surface area contributed by atoms with Crippen molar-refractivity contribution >= 4 is 21.8 Å². The van der Waals surface area contributed by atoms with Gasteiger partial charge in [-0.15, -0.1) is 0 Å². The van der Waals surface area contributed by atoms with Crippen molar-refractivity contribution in [3.8, 4) is 51.4 Å². The van der Waals surface area contributed by atoms with E-state index in [1.54, 1.807) is 6.20 Å². The van der Waals surface area contributed by atoms with Gasteiger partial charge in [0.2, 0.25) is 5.82 Å². The first kappa shape index (κ1) is 24.7. The Labute approximate surface area is 247 Å². The number of fused-ring (bicyclic) bond motifs is 3. The SMILES string of the molecule is c1ccc(-c2nc(-c3ccccn3)nc(-c3ncc(-c4ccc(-n5c6ccccc6c6ccccc65)cc4)cn3)n2)cc1. The zero-order valence-electron chi connectivity index (χ0n) is 22.9. The molecule has 0 fully saturated rings. The molecule has 8 aromatic rings. The molecular weight excluding hydrogens is 530 g/mol. The van der Waals surface area contributed by atoms with Crippen LogP contribution in [0.4, 0.5) is 0 Å². The number of para-hydroxylation sites is 2. The highest BCUT2D eigenvalue weighted by Gasteiger charge is 2.15. The highest BCUT2D eigenvalue weighted by molar-refractivity contribution is 6.09. The van der Waals surface area contributed by atoms with Crippen LogP contribution in [0.2, 0.25) is 0 Å². The molecule has 0 aliphatic heterocycles. The maximum absolute atomic E-state index is 4.71. The van der Waals surface area contributed by atoms with Crippen molar-refractivity contribution in [1.29, 1.82) is 0 Å². The van der Waals surface area contributed by atoms with E-state index in [0.717, 1.165) is 22.4 Å². The first-order valence-corrected chi connectivity index (χ1v) is 14.0. The molecule has 4 aromatic heterocycles. The Hall–Kier alpha value is -6.08. The lowest BCUT2D eigenvalue weighted by Gasteiger charge is -2.09. The third-order valence-corrected chi connectivity index (χ3v) is 7.45. The van der Waals surface area contributed by atoms with Gasteiger partial charge in [0, 0.05) is 46.2 Å². The largest absolute Gasteiger partial charge is 0.309 e. The Morgan fingerprint density at radius 3 is 1.67 bits per heavy atom. The van der Waals surface area contributed by atoms with Crippen molar-refractivity contribution in [2.75, 3.05) is 0 Å². The van der Waals surface area contributed by atoms with Gasteiger partial charge in [0.1, 0.15) is 5.69 Å². The molecule has 7 nitrogen and oxygen atoms in total. The summed E-state index contributed by atoms with van der Waals surface area (Å²) in [6.07, 6.45) is 5.34. The summed E-state index contributed by atoms with van der Waals surface area (Å²) in [6, 6.07) is 41.0. The van der Waals surface area contributed by atoms with Crippen LogP contribution < -0.4 is 0 Å². The van der Waals surface area contributed by atoms with Gasteiger partial charge in [0.15, 0.2) is 17.5 Å². The molecule has 4 heterocycles. The van der Waals surface area contributed by atoms with E-state index in [1.165, 1.54) is 21.8 Å². The molecule has 8 rings (SSSR count). The molecule has 0 amide bonds. The standard InChI is InChI=1S/C36H23N7/c1-2-10-25(11-3-1)33-40-34(30-14-8-9-21-37-30)42-36(41-33)35-38-22-26(23-39-35)24-17-19-27(20-18-24)43-31-15-6-4-12-28(31)29-13-5-7-16-32(29)43/h1-23H. The quantitative estimate of drug-likeness (QED) is 0.216. The van der Waals surface area contributed by atoms with Gasteiger partial charge in [-0.2, -0.15) is 0 Å². The molecule has 0 bridgehead atoms. The Balaban J connectivity index is 1.15. The van der Waals surface area contributed by atoms with Gasteiger partial charge < -0.3 is 4.57 Å². The van der Waals surface area contributed by atoms with Crippen LogP contribution in [0.1, 0.15) is 0 Å². The van der Waals surface area contributed by atoms with Gasteiger partial charge in [-0.1, -0.05) is 84.9 Å². The van der Waals surface area contributed by atoms with Gasteiger partial charge >= 0.3 is 0 Å². The summed E-state index contributed by atoms with van der Waals surface area (Å²) in [5.74, 6) is 1.82. The summed E-state index contributed by atoms with van der Waals surface area (Å²) < 4.78 is 2.30. The highest BCUT2D eigenvalue weighted by Crippen LogP contribution is 2.32. The average molecular weight is 554 g/mol. The molecule has 0 spiro atoms. The van der Waals surface area contributed by atoms with E-state index < -0.39 is 0 Å². The molecule has 0 unspecified atom stereocenters. The second kappa shape index (κ2) is 10.4. The molecule has 0 radical (unpaired) electrons. The molecular formula is C36H23N7. The van der Waals surface area contributed by atoms with Gasteiger partial charge in [-0.3, -0.25) is 4.98 Å². The topological polar surface area (TPSA) is 82.3 Å². The normalized spacial score (nSPS) is 11.3. The first-order valence-electron chi connectivity index (χ1n) is 14.0. The molecule has 202 valence electrons. The van der Waals surface area contributed by atoms with Crippen LogP contribution in [0.3, 0.4) is 0 Å². The van der Waals surface area contributed by atoms with E-state index in [1.807, 2.05) is 60.9 Å². The van der Waals surface area contributed by atoms with Crippen molar-refractivity contribution in [2.24, 2.45) is 0 Å². The van der Waals surface area contributed by atoms with Crippen LogP contribution in [0.15, 0.2) is 140 Å². The Morgan fingerprint density at radius 2 is 1.00 bits per heavy atom. The molecule has 0 atom stereocenters. The van der Waals surface area contributed by atoms with E-state index >= 15 is 0 Å². The van der Waals surface area contributed by atoms with Crippen LogP contribution in [0.5, 0.6) is 0 Å². The number of hydrogen-bond acceptors (Lipinski definition) is 6. The number of benzene rings is 4. The lowest BCUT2D eigenvalue weighted by Crippen LogP contribution is -2.03. The monoisotopic (exact) mass is 553 g/mol. The van der Waals surface area contributed by atoms with E-state index in [-0.39, 0.29) is 0 Å². The minimum Gasteiger partial charge on any atom is -0.309 e. The lowest BCUT2D eigenvalue weighted by molar-refractivity contribution is 1.02. The number of nitrogens with zero attached hydrogens (tertiary/aromatic N) is 7. The summed E-state index contributed by atoms with van der Waals surface area (Å²) in [4.78, 5) is 27.8. The average Bonchev–Trinajstić information content (AvgIpc) is 3.43. The summed E-state index contributed by atoms with van der Waals surface area (Å²) >= 11 is 0. The summed E-state index contributed by atoms with van der Waals surface area (Å²) in [7, 11) is 0. The number of pyridine rings is 1. The minimum absolute atomic E-state index is 0.391. The van der Waals surface area contributed by atoms with Crippen molar-refractivity contribution in [1.82, 2.24) is 34.5 Å². The fourth-order valence-electron chi connectivity index (χ4n) is 5.40. The second-order valence-electron chi connectivity index (χ2n) is 10.1. The second-order valence-corrected chi connectivity index (χ2v) is 10.1. The Kier molecular flexibility index (Phi) is 5.97. The van der Waals surface area contributed by atoms with Gasteiger partial charge in [-0.25, -0.2) is 24.9 Å². The molecule has 0 saturated heterocycles. The highest BCUT2D eigenvalue weighted by atomic mass is 15.1. The molecule has 0 saturated carbocycles. The number of rotatable bonds is 5. The summed E-state index contributed by atoms with van der Waals surface area (Å²) in [6.45, 7) is 0. The Morgan fingerprint density at radius 1 is 0.395 bits per heavy atom. The molecule has 0 N–H and O–H groups in total. The van der Waals surface area contributed by atoms with Crippen LogP contribution >= 0.6 is 0 Å². The summed E-state index contributed by atoms with van der Waals surface area (Å²) in [5.41, 5.74) is 6.92. The van der Waals surface area contributed by atoms with E-state index in [9.17, 15) is 0 Å². The predicted octanol–water partition coefficient (Wildman–Crippen LogP) is 7.82. The van der Waals surface area contributed by atoms with E-state index in [0.29, 0.717) is 29.0 Å². The van der Waals surface area contributed by atoms with Gasteiger partial charge in [0.05, 0.1) is 11.0 Å². The Bertz CT molecular complexity index is 2100. The van der Waals surface area contributed by atoms with Crippen molar-refractivity contribution in [2.45, 2.75) is 0 Å². The first-order chi connectivity index (χ1) is 21.3. The molecule has 4 aromatic carbocycles. The molecule has 7 heteroatoms. The number of hydrogen-bond donors (Lipinski definition) is 0. The molecule has 0 aliphatic rings. The zero-order valence-corrected chi connectivity index (χ0v) is 22.9. The van der Waals surface area contributed by atoms with Gasteiger partial charge in [-0.05, 0) is 42.0 Å². The van der Waals surface area contributed by atoms with Crippen LogP contribution in [-0.2, 0) is 0 Å². The van der Waals surface area contributed by atoms with Crippen LogP contribution in [-0.4, -0.2) is 34.5 Å². The lowest BCUT2D eigenvalue weighted by atomic mass is 10.1.